The van der Waals surface area contributed by atoms with Gasteiger partial charge in [0.2, 0.25) is 0 Å². The average Bonchev–Trinajstić information content (AvgIpc) is 2.36. The fourth-order valence-electron chi connectivity index (χ4n) is 2.13. The van der Waals surface area contributed by atoms with E-state index in [1.165, 1.54) is 0 Å². The zero-order valence-electron chi connectivity index (χ0n) is 13.9. The summed E-state index contributed by atoms with van der Waals surface area (Å²) >= 11 is 5.95. The van der Waals surface area contributed by atoms with Gasteiger partial charge in [-0.2, -0.15) is 0 Å². The molecule has 1 aromatic rings. The molecule has 0 aliphatic carbocycles. The van der Waals surface area contributed by atoms with Crippen LogP contribution in [0.1, 0.15) is 45.6 Å². The minimum atomic E-state index is -3.08. The number of hydrogen-bond donors (Lipinski definition) is 0. The molecule has 0 radical (unpaired) electrons. The minimum Gasteiger partial charge on any atom is -0.381 e. The average molecular weight is 347 g/mol. The first-order valence-corrected chi connectivity index (χ1v) is 9.83. The van der Waals surface area contributed by atoms with Crippen molar-refractivity contribution < 1.29 is 13.2 Å². The van der Waals surface area contributed by atoms with E-state index in [9.17, 15) is 8.42 Å². The lowest BCUT2D eigenvalue weighted by molar-refractivity contribution is 0.0720. The number of benzene rings is 1. The van der Waals surface area contributed by atoms with E-state index in [0.717, 1.165) is 5.56 Å². The van der Waals surface area contributed by atoms with Crippen molar-refractivity contribution in [2.24, 2.45) is 5.41 Å². The minimum absolute atomic E-state index is 0.0563. The van der Waals surface area contributed by atoms with Gasteiger partial charge < -0.3 is 4.74 Å². The SMILES string of the molecule is C[C@@H](CS(=O)(=O)CCCOCC(C)(C)C)c1cccc(Cl)c1. The molecule has 1 aromatic carbocycles. The van der Waals surface area contributed by atoms with Crippen molar-refractivity contribution in [2.45, 2.75) is 40.0 Å². The Kier molecular flexibility index (Phi) is 7.36. The molecule has 0 aliphatic heterocycles. The van der Waals surface area contributed by atoms with Gasteiger partial charge in [0, 0.05) is 11.6 Å². The molecule has 0 saturated heterocycles. The zero-order valence-corrected chi connectivity index (χ0v) is 15.5. The van der Waals surface area contributed by atoms with Crippen molar-refractivity contribution in [1.29, 1.82) is 0 Å². The summed E-state index contributed by atoms with van der Waals surface area (Å²) in [4.78, 5) is 0. The molecule has 1 rings (SSSR count). The molecule has 0 N–H and O–H groups in total. The Bertz CT molecular complexity index is 562. The van der Waals surface area contributed by atoms with E-state index in [2.05, 4.69) is 20.8 Å². The van der Waals surface area contributed by atoms with E-state index in [0.29, 0.717) is 24.7 Å². The largest absolute Gasteiger partial charge is 0.381 e. The number of ether oxygens (including phenoxy) is 1. The number of hydrogen-bond acceptors (Lipinski definition) is 3. The fraction of sp³-hybridized carbons (Fsp3) is 0.647. The lowest BCUT2D eigenvalue weighted by atomic mass is 9.99. The standard InChI is InChI=1S/C17H27ClO3S/c1-14(15-7-5-8-16(18)11-15)12-22(19,20)10-6-9-21-13-17(2,3)4/h5,7-8,11,14H,6,9-10,12-13H2,1-4H3/t14-/m0/s1. The normalized spacial score (nSPS) is 14.0. The molecule has 3 nitrogen and oxygen atoms in total. The van der Waals surface area contributed by atoms with Crippen LogP contribution in [0.15, 0.2) is 24.3 Å². The molecule has 0 heterocycles. The van der Waals surface area contributed by atoms with Crippen molar-refractivity contribution in [3.8, 4) is 0 Å². The Hall–Kier alpha value is -0.580. The van der Waals surface area contributed by atoms with Crippen LogP contribution in [-0.2, 0) is 14.6 Å². The van der Waals surface area contributed by atoms with E-state index in [4.69, 9.17) is 16.3 Å². The van der Waals surface area contributed by atoms with Crippen molar-refractivity contribution in [1.82, 2.24) is 0 Å². The Labute approximate surface area is 139 Å². The summed E-state index contributed by atoms with van der Waals surface area (Å²) in [6.45, 7) is 9.33. The van der Waals surface area contributed by atoms with Gasteiger partial charge in [-0.1, -0.05) is 51.4 Å². The highest BCUT2D eigenvalue weighted by atomic mass is 35.5. The topological polar surface area (TPSA) is 43.4 Å². The van der Waals surface area contributed by atoms with E-state index in [1.54, 1.807) is 6.07 Å². The molecule has 0 bridgehead atoms. The maximum Gasteiger partial charge on any atom is 0.150 e. The highest BCUT2D eigenvalue weighted by molar-refractivity contribution is 7.91. The molecule has 0 spiro atoms. The quantitative estimate of drug-likeness (QED) is 0.659. The van der Waals surface area contributed by atoms with Gasteiger partial charge in [0.25, 0.3) is 0 Å². The van der Waals surface area contributed by atoms with Crippen LogP contribution in [0.25, 0.3) is 0 Å². The van der Waals surface area contributed by atoms with E-state index < -0.39 is 9.84 Å². The third-order valence-corrected chi connectivity index (χ3v) is 5.35. The van der Waals surface area contributed by atoms with Crippen LogP contribution >= 0.6 is 11.6 Å². The first-order chi connectivity index (χ1) is 10.1. The molecule has 1 atom stereocenters. The molecule has 0 aliphatic rings. The molecule has 5 heteroatoms. The molecular formula is C17H27ClO3S. The second-order valence-corrected chi connectivity index (χ2v) is 9.70. The van der Waals surface area contributed by atoms with Crippen LogP contribution in [0.2, 0.25) is 5.02 Å². The van der Waals surface area contributed by atoms with Crippen molar-refractivity contribution >= 4 is 21.4 Å². The van der Waals surface area contributed by atoms with Gasteiger partial charge in [-0.05, 0) is 35.4 Å². The van der Waals surface area contributed by atoms with Crippen molar-refractivity contribution in [3.63, 3.8) is 0 Å². The summed E-state index contributed by atoms with van der Waals surface area (Å²) < 4.78 is 29.9. The summed E-state index contributed by atoms with van der Waals surface area (Å²) in [5.74, 6) is 0.258. The lowest BCUT2D eigenvalue weighted by Gasteiger charge is -2.18. The predicted molar refractivity (Wildman–Crippen MR) is 93.4 cm³/mol. The lowest BCUT2D eigenvalue weighted by Crippen LogP contribution is -2.19. The van der Waals surface area contributed by atoms with Crippen LogP contribution in [-0.4, -0.2) is 33.1 Å². The van der Waals surface area contributed by atoms with Gasteiger partial charge in [-0.25, -0.2) is 8.42 Å². The molecule has 126 valence electrons. The van der Waals surface area contributed by atoms with Crippen LogP contribution in [0.5, 0.6) is 0 Å². The van der Waals surface area contributed by atoms with Crippen LogP contribution in [0.4, 0.5) is 0 Å². The summed E-state index contributed by atoms with van der Waals surface area (Å²) in [7, 11) is -3.08. The first-order valence-electron chi connectivity index (χ1n) is 7.63. The highest BCUT2D eigenvalue weighted by Crippen LogP contribution is 2.21. The van der Waals surface area contributed by atoms with Gasteiger partial charge >= 0.3 is 0 Å². The second-order valence-electron chi connectivity index (χ2n) is 7.04. The number of rotatable bonds is 8. The predicted octanol–water partition coefficient (Wildman–Crippen LogP) is 4.31. The Morgan fingerprint density at radius 1 is 1.27 bits per heavy atom. The van der Waals surface area contributed by atoms with Gasteiger partial charge in [-0.3, -0.25) is 0 Å². The summed E-state index contributed by atoms with van der Waals surface area (Å²) in [5, 5.41) is 0.636. The van der Waals surface area contributed by atoms with Crippen LogP contribution in [0, 0.1) is 5.41 Å². The summed E-state index contributed by atoms with van der Waals surface area (Å²) in [6.07, 6.45) is 0.542. The van der Waals surface area contributed by atoms with E-state index in [1.807, 2.05) is 25.1 Å². The third kappa shape index (κ3) is 8.16. The Morgan fingerprint density at radius 3 is 2.55 bits per heavy atom. The van der Waals surface area contributed by atoms with Crippen LogP contribution in [0.3, 0.4) is 0 Å². The Balaban J connectivity index is 2.40. The van der Waals surface area contributed by atoms with E-state index >= 15 is 0 Å². The molecule has 0 aromatic heterocycles. The third-order valence-electron chi connectivity index (χ3n) is 3.20. The van der Waals surface area contributed by atoms with Crippen molar-refractivity contribution in [2.75, 3.05) is 24.7 Å². The van der Waals surface area contributed by atoms with Crippen LogP contribution < -0.4 is 0 Å². The van der Waals surface area contributed by atoms with Gasteiger partial charge in [-0.15, -0.1) is 0 Å². The fourth-order valence-corrected chi connectivity index (χ4v) is 4.01. The monoisotopic (exact) mass is 346 g/mol. The van der Waals surface area contributed by atoms with Crippen molar-refractivity contribution in [3.05, 3.63) is 34.9 Å². The highest BCUT2D eigenvalue weighted by Gasteiger charge is 2.17. The summed E-state index contributed by atoms with van der Waals surface area (Å²) in [5.41, 5.74) is 1.07. The molecule has 0 amide bonds. The maximum absolute atomic E-state index is 12.2. The maximum atomic E-state index is 12.2. The second kappa shape index (κ2) is 8.32. The molecular weight excluding hydrogens is 320 g/mol. The van der Waals surface area contributed by atoms with E-state index in [-0.39, 0.29) is 22.8 Å². The number of halogens is 1. The number of sulfone groups is 1. The Morgan fingerprint density at radius 2 is 1.95 bits per heavy atom. The van der Waals surface area contributed by atoms with Gasteiger partial charge in [0.1, 0.15) is 0 Å². The zero-order chi connectivity index (χ0) is 16.8. The van der Waals surface area contributed by atoms with Gasteiger partial charge in [0.15, 0.2) is 9.84 Å². The molecule has 0 saturated carbocycles. The smallest absolute Gasteiger partial charge is 0.150 e. The first kappa shape index (κ1) is 19.5. The summed E-state index contributed by atoms with van der Waals surface area (Å²) in [6, 6.07) is 7.38. The molecule has 22 heavy (non-hydrogen) atoms. The van der Waals surface area contributed by atoms with Gasteiger partial charge in [0.05, 0.1) is 18.1 Å². The molecule has 0 unspecified atom stereocenters. The molecule has 0 fully saturated rings.